The van der Waals surface area contributed by atoms with Crippen LogP contribution in [0.5, 0.6) is 0 Å². The first kappa shape index (κ1) is 41.4. The van der Waals surface area contributed by atoms with Crippen LogP contribution in [0.25, 0.3) is 0 Å². The highest BCUT2D eigenvalue weighted by atomic mass is 15.2. The van der Waals surface area contributed by atoms with E-state index in [-0.39, 0.29) is 0 Å². The highest BCUT2D eigenvalue weighted by molar-refractivity contribution is 4.82. The van der Waals surface area contributed by atoms with Crippen LogP contribution in [0.2, 0.25) is 0 Å². The van der Waals surface area contributed by atoms with E-state index in [1.165, 1.54) is 232 Å². The molecule has 1 aliphatic rings. The van der Waals surface area contributed by atoms with E-state index in [0.29, 0.717) is 0 Å². The molecular formula is C42H82N2. The molecule has 2 heteroatoms. The first-order valence-electron chi connectivity index (χ1n) is 20.6. The van der Waals surface area contributed by atoms with E-state index in [1.54, 1.807) is 0 Å². The Morgan fingerprint density at radius 2 is 0.705 bits per heavy atom. The third-order valence-corrected chi connectivity index (χ3v) is 9.90. The van der Waals surface area contributed by atoms with Gasteiger partial charge in [0.1, 0.15) is 0 Å². The zero-order valence-electron chi connectivity index (χ0n) is 30.7. The lowest BCUT2D eigenvalue weighted by molar-refractivity contribution is 0.217. The lowest BCUT2D eigenvalue weighted by atomic mass is 10.1. The fourth-order valence-corrected chi connectivity index (χ4v) is 6.79. The summed E-state index contributed by atoms with van der Waals surface area (Å²) in [6.45, 7) is 12.6. The Balaban J connectivity index is 1.99. The van der Waals surface area contributed by atoms with Crippen LogP contribution in [-0.2, 0) is 0 Å². The minimum atomic E-state index is 1.30. The maximum Gasteiger partial charge on any atom is 0.0109 e. The third-order valence-electron chi connectivity index (χ3n) is 9.90. The van der Waals surface area contributed by atoms with Crippen molar-refractivity contribution >= 4 is 0 Å². The molecule has 0 spiro atoms. The van der Waals surface area contributed by atoms with Crippen LogP contribution < -0.4 is 0 Å². The molecule has 0 radical (unpaired) electrons. The van der Waals surface area contributed by atoms with Gasteiger partial charge in [0.2, 0.25) is 0 Å². The Morgan fingerprint density at radius 3 is 1.07 bits per heavy atom. The van der Waals surface area contributed by atoms with Gasteiger partial charge in [0, 0.05) is 13.1 Å². The molecule has 260 valence electrons. The molecule has 44 heavy (non-hydrogen) atoms. The standard InChI is InChI=1S/C42H82N2/c1-3-5-7-9-11-13-15-17-19-21-23-25-27-29-31-33-37-43(41-42-44-39-35-36-40-44)38-34-32-30-28-26-24-22-20-18-16-14-12-10-8-6-4-2/h17-20H,3-16,21-42H2,1-2H3/b19-17-,20-18-. The number of unbranched alkanes of at least 4 members (excludes halogenated alkanes) is 24. The molecule has 0 amide bonds. The van der Waals surface area contributed by atoms with E-state index in [4.69, 9.17) is 0 Å². The smallest absolute Gasteiger partial charge is 0.0109 e. The molecule has 2 nitrogen and oxygen atoms in total. The molecule has 1 saturated heterocycles. The summed E-state index contributed by atoms with van der Waals surface area (Å²) in [6, 6.07) is 0. The predicted molar refractivity (Wildman–Crippen MR) is 201 cm³/mol. The van der Waals surface area contributed by atoms with Gasteiger partial charge in [0.05, 0.1) is 0 Å². The van der Waals surface area contributed by atoms with Gasteiger partial charge in [-0.2, -0.15) is 0 Å². The second-order valence-electron chi connectivity index (χ2n) is 14.3. The topological polar surface area (TPSA) is 6.48 Å². The molecule has 1 rings (SSSR count). The molecule has 0 saturated carbocycles. The molecule has 0 aromatic heterocycles. The monoisotopic (exact) mass is 615 g/mol. The zero-order chi connectivity index (χ0) is 31.4. The van der Waals surface area contributed by atoms with Crippen LogP contribution in [0.15, 0.2) is 24.3 Å². The lowest BCUT2D eigenvalue weighted by Crippen LogP contribution is -2.35. The van der Waals surface area contributed by atoms with Gasteiger partial charge in [-0.1, -0.05) is 154 Å². The van der Waals surface area contributed by atoms with E-state index in [1.807, 2.05) is 0 Å². The maximum absolute atomic E-state index is 2.82. The summed E-state index contributed by atoms with van der Waals surface area (Å²) >= 11 is 0. The van der Waals surface area contributed by atoms with Crippen LogP contribution in [0.1, 0.15) is 206 Å². The van der Waals surface area contributed by atoms with Gasteiger partial charge >= 0.3 is 0 Å². The van der Waals surface area contributed by atoms with E-state index in [2.05, 4.69) is 48.0 Å². The Hall–Kier alpha value is -0.600. The van der Waals surface area contributed by atoms with Gasteiger partial charge in [-0.15, -0.1) is 0 Å². The first-order valence-corrected chi connectivity index (χ1v) is 20.6. The number of hydrogen-bond donors (Lipinski definition) is 0. The molecule has 0 bridgehead atoms. The number of hydrogen-bond acceptors (Lipinski definition) is 2. The molecule has 1 aliphatic heterocycles. The van der Waals surface area contributed by atoms with Crippen LogP contribution in [0.4, 0.5) is 0 Å². The molecule has 0 aromatic rings. The molecule has 0 aliphatic carbocycles. The average Bonchev–Trinajstić information content (AvgIpc) is 3.56. The minimum Gasteiger partial charge on any atom is -0.302 e. The summed E-state index contributed by atoms with van der Waals surface area (Å²) in [7, 11) is 0. The van der Waals surface area contributed by atoms with E-state index >= 15 is 0 Å². The Bertz CT molecular complexity index is 549. The molecular weight excluding hydrogens is 532 g/mol. The summed E-state index contributed by atoms with van der Waals surface area (Å²) in [5.74, 6) is 0. The van der Waals surface area contributed by atoms with E-state index < -0.39 is 0 Å². The van der Waals surface area contributed by atoms with Crippen LogP contribution in [0.3, 0.4) is 0 Å². The van der Waals surface area contributed by atoms with Crippen molar-refractivity contribution in [2.75, 3.05) is 39.3 Å². The Kier molecular flexibility index (Phi) is 33.2. The van der Waals surface area contributed by atoms with Crippen molar-refractivity contribution in [3.63, 3.8) is 0 Å². The molecule has 0 N–H and O–H groups in total. The lowest BCUT2D eigenvalue weighted by Gasteiger charge is -2.25. The van der Waals surface area contributed by atoms with Crippen molar-refractivity contribution < 1.29 is 0 Å². The molecule has 1 fully saturated rings. The van der Waals surface area contributed by atoms with Crippen molar-refractivity contribution in [2.45, 2.75) is 206 Å². The van der Waals surface area contributed by atoms with Gasteiger partial charge < -0.3 is 9.80 Å². The average molecular weight is 615 g/mol. The predicted octanol–water partition coefficient (Wildman–Crippen LogP) is 13.5. The highest BCUT2D eigenvalue weighted by Crippen LogP contribution is 2.13. The summed E-state index contributed by atoms with van der Waals surface area (Å²) in [4.78, 5) is 5.53. The number of allylic oxidation sites excluding steroid dienone is 4. The Morgan fingerprint density at radius 1 is 0.386 bits per heavy atom. The number of nitrogens with zero attached hydrogens (tertiary/aromatic N) is 2. The quantitative estimate of drug-likeness (QED) is 0.0517. The van der Waals surface area contributed by atoms with Gasteiger partial charge in [-0.25, -0.2) is 0 Å². The summed E-state index contributed by atoms with van der Waals surface area (Å²) in [5, 5.41) is 0. The molecule has 1 heterocycles. The van der Waals surface area contributed by atoms with E-state index in [0.717, 1.165) is 0 Å². The van der Waals surface area contributed by atoms with E-state index in [9.17, 15) is 0 Å². The minimum absolute atomic E-state index is 1.30. The van der Waals surface area contributed by atoms with Crippen LogP contribution >= 0.6 is 0 Å². The maximum atomic E-state index is 2.82. The van der Waals surface area contributed by atoms with Crippen molar-refractivity contribution in [1.29, 1.82) is 0 Å². The summed E-state index contributed by atoms with van der Waals surface area (Å²) in [6.07, 6.45) is 51.9. The third kappa shape index (κ3) is 30.1. The normalized spacial score (nSPS) is 14.3. The van der Waals surface area contributed by atoms with Gasteiger partial charge in [-0.05, 0) is 103 Å². The van der Waals surface area contributed by atoms with Gasteiger partial charge in [0.25, 0.3) is 0 Å². The van der Waals surface area contributed by atoms with Gasteiger partial charge in [-0.3, -0.25) is 0 Å². The molecule has 0 aromatic carbocycles. The van der Waals surface area contributed by atoms with Crippen LogP contribution in [0, 0.1) is 0 Å². The molecule has 0 unspecified atom stereocenters. The van der Waals surface area contributed by atoms with Gasteiger partial charge in [0.15, 0.2) is 0 Å². The fraction of sp³-hybridized carbons (Fsp3) is 0.905. The SMILES string of the molecule is CCCCCCCC/C=C\CCCCCCCCN(CCCCCCCC/C=C\CCCCCCCC)CCN1CCCC1. The second-order valence-corrected chi connectivity index (χ2v) is 14.3. The van der Waals surface area contributed by atoms with Crippen molar-refractivity contribution in [3.05, 3.63) is 24.3 Å². The largest absolute Gasteiger partial charge is 0.302 e. The number of rotatable bonds is 35. The van der Waals surface area contributed by atoms with Crippen molar-refractivity contribution in [2.24, 2.45) is 0 Å². The summed E-state index contributed by atoms with van der Waals surface area (Å²) < 4.78 is 0. The fourth-order valence-electron chi connectivity index (χ4n) is 6.79. The van der Waals surface area contributed by atoms with Crippen LogP contribution in [-0.4, -0.2) is 49.1 Å². The zero-order valence-corrected chi connectivity index (χ0v) is 30.7. The molecule has 0 atom stereocenters. The highest BCUT2D eigenvalue weighted by Gasteiger charge is 2.13. The Labute approximate surface area is 279 Å². The first-order chi connectivity index (χ1) is 21.9. The summed E-state index contributed by atoms with van der Waals surface area (Å²) in [5.41, 5.74) is 0. The van der Waals surface area contributed by atoms with Crippen molar-refractivity contribution in [1.82, 2.24) is 9.80 Å². The second kappa shape index (κ2) is 35.3. The number of likely N-dealkylation sites (tertiary alicyclic amines) is 1. The van der Waals surface area contributed by atoms with Crippen molar-refractivity contribution in [3.8, 4) is 0 Å².